The number of halogens is 2. The van der Waals surface area contributed by atoms with E-state index in [0.717, 1.165) is 6.42 Å². The van der Waals surface area contributed by atoms with E-state index in [1.165, 1.54) is 18.2 Å². The molecule has 2 rings (SSSR count). The van der Waals surface area contributed by atoms with Crippen molar-refractivity contribution in [3.05, 3.63) is 33.8 Å². The molecule has 2 amide bonds. The molecule has 0 radical (unpaired) electrons. The number of carbonyl (C=O) groups is 2. The van der Waals surface area contributed by atoms with Gasteiger partial charge in [-0.05, 0) is 36.6 Å². The molecule has 1 aromatic carbocycles. The van der Waals surface area contributed by atoms with E-state index in [1.807, 2.05) is 0 Å². The van der Waals surface area contributed by atoms with Gasteiger partial charge in [0.1, 0.15) is 6.04 Å². The Balaban J connectivity index is 2.07. The SMILES string of the molecule is CN1CCC[C@@H](NC(=O)[C@@H](O)c2cc(Cl)cc(Cl)c2)C1=O. The fourth-order valence-corrected chi connectivity index (χ4v) is 2.84. The van der Waals surface area contributed by atoms with Gasteiger partial charge >= 0.3 is 0 Å². The zero-order valence-electron chi connectivity index (χ0n) is 11.5. The van der Waals surface area contributed by atoms with Crippen LogP contribution in [0.15, 0.2) is 18.2 Å². The number of carbonyl (C=O) groups excluding carboxylic acids is 2. The second kappa shape index (κ2) is 6.64. The Morgan fingerprint density at radius 1 is 1.38 bits per heavy atom. The van der Waals surface area contributed by atoms with E-state index >= 15 is 0 Å². The van der Waals surface area contributed by atoms with Crippen molar-refractivity contribution < 1.29 is 14.7 Å². The first kappa shape index (κ1) is 16.1. The standard InChI is InChI=1S/C14H16Cl2N2O3/c1-18-4-2-3-11(14(18)21)17-13(20)12(19)8-5-9(15)7-10(16)6-8/h5-7,11-12,19H,2-4H2,1H3,(H,17,20)/t11-,12+/m1/s1. The Kier molecular flexibility index (Phi) is 5.08. The van der Waals surface area contributed by atoms with Gasteiger partial charge < -0.3 is 15.3 Å². The zero-order chi connectivity index (χ0) is 15.6. The Morgan fingerprint density at radius 2 is 2.00 bits per heavy atom. The van der Waals surface area contributed by atoms with Crippen molar-refractivity contribution in [1.82, 2.24) is 10.2 Å². The van der Waals surface area contributed by atoms with E-state index in [9.17, 15) is 14.7 Å². The van der Waals surface area contributed by atoms with Gasteiger partial charge in [0.05, 0.1) is 0 Å². The van der Waals surface area contributed by atoms with Crippen LogP contribution in [-0.4, -0.2) is 41.5 Å². The maximum absolute atomic E-state index is 12.1. The Morgan fingerprint density at radius 3 is 2.62 bits per heavy atom. The van der Waals surface area contributed by atoms with Crippen LogP contribution in [0.3, 0.4) is 0 Å². The summed E-state index contributed by atoms with van der Waals surface area (Å²) in [4.78, 5) is 25.6. The van der Waals surface area contributed by atoms with Gasteiger partial charge in [-0.25, -0.2) is 0 Å². The summed E-state index contributed by atoms with van der Waals surface area (Å²) >= 11 is 11.7. The maximum Gasteiger partial charge on any atom is 0.254 e. The van der Waals surface area contributed by atoms with Crippen LogP contribution < -0.4 is 5.32 Å². The van der Waals surface area contributed by atoms with E-state index in [2.05, 4.69) is 5.32 Å². The van der Waals surface area contributed by atoms with Crippen molar-refractivity contribution in [1.29, 1.82) is 0 Å². The van der Waals surface area contributed by atoms with E-state index in [-0.39, 0.29) is 5.91 Å². The van der Waals surface area contributed by atoms with Crippen molar-refractivity contribution in [2.45, 2.75) is 25.0 Å². The molecule has 2 N–H and O–H groups in total. The molecule has 0 saturated carbocycles. The topological polar surface area (TPSA) is 69.6 Å². The summed E-state index contributed by atoms with van der Waals surface area (Å²) in [5, 5.41) is 13.3. The van der Waals surface area contributed by atoms with Crippen molar-refractivity contribution in [3.8, 4) is 0 Å². The van der Waals surface area contributed by atoms with E-state index in [4.69, 9.17) is 23.2 Å². The molecule has 7 heteroatoms. The van der Waals surface area contributed by atoms with Gasteiger partial charge in [0.2, 0.25) is 5.91 Å². The quantitative estimate of drug-likeness (QED) is 0.887. The average molecular weight is 331 g/mol. The lowest BCUT2D eigenvalue weighted by atomic mass is 10.0. The first-order chi connectivity index (χ1) is 9.88. The molecule has 1 heterocycles. The molecule has 0 aliphatic carbocycles. The summed E-state index contributed by atoms with van der Waals surface area (Å²) in [5.74, 6) is -0.784. The lowest BCUT2D eigenvalue weighted by Crippen LogP contribution is -2.51. The number of rotatable bonds is 3. The normalized spacial score (nSPS) is 20.3. The Hall–Kier alpha value is -1.30. The van der Waals surface area contributed by atoms with Crippen molar-refractivity contribution in [2.24, 2.45) is 0 Å². The predicted octanol–water partition coefficient (Wildman–Crippen LogP) is 1.76. The van der Waals surface area contributed by atoms with Crippen molar-refractivity contribution in [2.75, 3.05) is 13.6 Å². The zero-order valence-corrected chi connectivity index (χ0v) is 13.0. The molecule has 0 unspecified atom stereocenters. The van der Waals surface area contributed by atoms with Gasteiger partial charge in [0, 0.05) is 23.6 Å². The number of aliphatic hydroxyl groups excluding tert-OH is 1. The molecule has 0 bridgehead atoms. The number of piperidine rings is 1. The maximum atomic E-state index is 12.1. The van der Waals surface area contributed by atoms with Gasteiger partial charge in [0.25, 0.3) is 5.91 Å². The number of benzene rings is 1. The van der Waals surface area contributed by atoms with E-state index < -0.39 is 18.1 Å². The Bertz CT molecular complexity index is 545. The second-order valence-electron chi connectivity index (χ2n) is 5.07. The van der Waals surface area contributed by atoms with Crippen molar-refractivity contribution in [3.63, 3.8) is 0 Å². The average Bonchev–Trinajstić information content (AvgIpc) is 2.42. The lowest BCUT2D eigenvalue weighted by Gasteiger charge is -2.30. The number of hydrogen-bond acceptors (Lipinski definition) is 3. The van der Waals surface area contributed by atoms with Crippen LogP contribution >= 0.6 is 23.2 Å². The van der Waals surface area contributed by atoms with E-state index in [1.54, 1.807) is 11.9 Å². The van der Waals surface area contributed by atoms with Gasteiger partial charge in [-0.2, -0.15) is 0 Å². The molecule has 1 aromatic rings. The summed E-state index contributed by atoms with van der Waals surface area (Å²) in [6.45, 7) is 0.678. The molecule has 114 valence electrons. The number of hydrogen-bond donors (Lipinski definition) is 2. The summed E-state index contributed by atoms with van der Waals surface area (Å²) < 4.78 is 0. The number of amides is 2. The number of nitrogens with zero attached hydrogens (tertiary/aromatic N) is 1. The van der Waals surface area contributed by atoms with E-state index in [0.29, 0.717) is 28.6 Å². The molecule has 1 aliphatic rings. The summed E-state index contributed by atoms with van der Waals surface area (Å²) in [6, 6.07) is 3.84. The third-order valence-corrected chi connectivity index (χ3v) is 3.86. The molecule has 5 nitrogen and oxygen atoms in total. The van der Waals surface area contributed by atoms with Gasteiger partial charge in [0.15, 0.2) is 6.10 Å². The number of nitrogens with one attached hydrogen (secondary N) is 1. The van der Waals surface area contributed by atoms with Crippen LogP contribution in [0.2, 0.25) is 10.0 Å². The highest BCUT2D eigenvalue weighted by Gasteiger charge is 2.30. The minimum Gasteiger partial charge on any atom is -0.378 e. The molecule has 0 aromatic heterocycles. The van der Waals surface area contributed by atoms with Gasteiger partial charge in [-0.15, -0.1) is 0 Å². The second-order valence-corrected chi connectivity index (χ2v) is 5.94. The first-order valence-corrected chi connectivity index (χ1v) is 7.33. The fraction of sp³-hybridized carbons (Fsp3) is 0.429. The number of likely N-dealkylation sites (tertiary alicyclic amines) is 1. The largest absolute Gasteiger partial charge is 0.378 e. The van der Waals surface area contributed by atoms with Crippen LogP contribution in [0.5, 0.6) is 0 Å². The minimum absolute atomic E-state index is 0.147. The predicted molar refractivity (Wildman–Crippen MR) is 80.2 cm³/mol. The first-order valence-electron chi connectivity index (χ1n) is 6.58. The lowest BCUT2D eigenvalue weighted by molar-refractivity contribution is -0.140. The number of aliphatic hydroxyl groups is 1. The molecule has 2 atom stereocenters. The third kappa shape index (κ3) is 3.87. The summed E-state index contributed by atoms with van der Waals surface area (Å²) in [5.41, 5.74) is 0.293. The highest BCUT2D eigenvalue weighted by atomic mass is 35.5. The van der Waals surface area contributed by atoms with Crippen LogP contribution in [0.25, 0.3) is 0 Å². The Labute approximate surface area is 132 Å². The van der Waals surface area contributed by atoms with Crippen LogP contribution in [-0.2, 0) is 9.59 Å². The fourth-order valence-electron chi connectivity index (χ4n) is 2.30. The highest BCUT2D eigenvalue weighted by molar-refractivity contribution is 6.34. The van der Waals surface area contributed by atoms with Crippen LogP contribution in [0.4, 0.5) is 0 Å². The van der Waals surface area contributed by atoms with Crippen LogP contribution in [0.1, 0.15) is 24.5 Å². The summed E-state index contributed by atoms with van der Waals surface area (Å²) in [7, 11) is 1.69. The molecule has 1 aliphatic heterocycles. The highest BCUT2D eigenvalue weighted by Crippen LogP contribution is 2.24. The third-order valence-electron chi connectivity index (χ3n) is 3.43. The molecular weight excluding hydrogens is 315 g/mol. The van der Waals surface area contributed by atoms with Gasteiger partial charge in [-0.3, -0.25) is 9.59 Å². The summed E-state index contributed by atoms with van der Waals surface area (Å²) in [6.07, 6.45) is -0.0363. The molecular formula is C14H16Cl2N2O3. The monoisotopic (exact) mass is 330 g/mol. The molecule has 1 saturated heterocycles. The molecule has 21 heavy (non-hydrogen) atoms. The van der Waals surface area contributed by atoms with Crippen LogP contribution in [0, 0.1) is 0 Å². The molecule has 0 spiro atoms. The van der Waals surface area contributed by atoms with Gasteiger partial charge in [-0.1, -0.05) is 23.2 Å². The number of likely N-dealkylation sites (N-methyl/N-ethyl adjacent to an activating group) is 1. The smallest absolute Gasteiger partial charge is 0.254 e. The molecule has 1 fully saturated rings. The van der Waals surface area contributed by atoms with Crippen molar-refractivity contribution >= 4 is 35.0 Å². The minimum atomic E-state index is -1.42.